The van der Waals surface area contributed by atoms with E-state index < -0.39 is 0 Å². The molecular weight excluding hydrogens is 168 g/mol. The van der Waals surface area contributed by atoms with E-state index in [0.717, 1.165) is 17.9 Å². The number of hydrogen-bond acceptors (Lipinski definition) is 2. The molecule has 1 N–H and O–H groups in total. The lowest BCUT2D eigenvalue weighted by Crippen LogP contribution is -1.95. The van der Waals surface area contributed by atoms with Crippen LogP contribution in [-0.2, 0) is 0 Å². The number of aliphatic hydroxyl groups is 1. The second-order valence-electron chi connectivity index (χ2n) is 3.69. The van der Waals surface area contributed by atoms with Crippen LogP contribution in [0.3, 0.4) is 0 Å². The maximum atomic E-state index is 9.75. The summed E-state index contributed by atoms with van der Waals surface area (Å²) in [6.07, 6.45) is 3.40. The topological polar surface area (TPSA) is 20.2 Å². The molecule has 1 aromatic heterocycles. The first-order chi connectivity index (χ1) is 5.75. The Morgan fingerprint density at radius 2 is 2.42 bits per heavy atom. The SMILES string of the molecule is Cc1cc(C(O)CC2CC2)cs1. The summed E-state index contributed by atoms with van der Waals surface area (Å²) in [5, 5.41) is 11.8. The largest absolute Gasteiger partial charge is 0.388 e. The standard InChI is InChI=1S/C10H14OS/c1-7-4-9(6-12-7)10(11)5-8-2-3-8/h4,6,8,10-11H,2-3,5H2,1H3. The van der Waals surface area contributed by atoms with Crippen molar-refractivity contribution in [3.8, 4) is 0 Å². The Bertz CT molecular complexity index is 263. The van der Waals surface area contributed by atoms with Gasteiger partial charge in [-0.15, -0.1) is 11.3 Å². The molecule has 1 aliphatic rings. The number of rotatable bonds is 3. The summed E-state index contributed by atoms with van der Waals surface area (Å²) >= 11 is 1.72. The van der Waals surface area contributed by atoms with E-state index in [2.05, 4.69) is 18.4 Å². The molecule has 66 valence electrons. The minimum Gasteiger partial charge on any atom is -0.388 e. The summed E-state index contributed by atoms with van der Waals surface area (Å²) in [4.78, 5) is 1.29. The van der Waals surface area contributed by atoms with Gasteiger partial charge in [-0.3, -0.25) is 0 Å². The molecule has 1 saturated carbocycles. The lowest BCUT2D eigenvalue weighted by Gasteiger charge is -2.06. The van der Waals surface area contributed by atoms with Crippen molar-refractivity contribution in [1.29, 1.82) is 0 Å². The van der Waals surface area contributed by atoms with Gasteiger partial charge in [0.05, 0.1) is 6.10 Å². The van der Waals surface area contributed by atoms with Crippen LogP contribution in [-0.4, -0.2) is 5.11 Å². The minimum absolute atomic E-state index is 0.206. The predicted octanol–water partition coefficient (Wildman–Crippen LogP) is 2.89. The van der Waals surface area contributed by atoms with Crippen LogP contribution in [0.25, 0.3) is 0 Å². The molecule has 12 heavy (non-hydrogen) atoms. The first kappa shape index (κ1) is 8.27. The maximum absolute atomic E-state index is 9.75. The summed E-state index contributed by atoms with van der Waals surface area (Å²) < 4.78 is 0. The van der Waals surface area contributed by atoms with Gasteiger partial charge in [0.1, 0.15) is 0 Å². The molecule has 0 amide bonds. The van der Waals surface area contributed by atoms with E-state index >= 15 is 0 Å². The van der Waals surface area contributed by atoms with Crippen LogP contribution in [0.4, 0.5) is 0 Å². The fraction of sp³-hybridized carbons (Fsp3) is 0.600. The molecule has 0 aromatic carbocycles. The van der Waals surface area contributed by atoms with Gasteiger partial charge in [0.25, 0.3) is 0 Å². The summed E-state index contributed by atoms with van der Waals surface area (Å²) in [6.45, 7) is 2.08. The average molecular weight is 182 g/mol. The number of aliphatic hydroxyl groups excluding tert-OH is 1. The second-order valence-corrected chi connectivity index (χ2v) is 4.80. The Hall–Kier alpha value is -0.340. The predicted molar refractivity (Wildman–Crippen MR) is 51.4 cm³/mol. The van der Waals surface area contributed by atoms with Crippen LogP contribution in [0, 0.1) is 12.8 Å². The van der Waals surface area contributed by atoms with Crippen LogP contribution >= 0.6 is 11.3 Å². The molecule has 1 heterocycles. The van der Waals surface area contributed by atoms with E-state index in [1.165, 1.54) is 17.7 Å². The summed E-state index contributed by atoms with van der Waals surface area (Å²) in [6, 6.07) is 2.09. The maximum Gasteiger partial charge on any atom is 0.0800 e. The first-order valence-corrected chi connectivity index (χ1v) is 5.37. The van der Waals surface area contributed by atoms with Gasteiger partial charge in [-0.1, -0.05) is 12.8 Å². The lowest BCUT2D eigenvalue weighted by molar-refractivity contribution is 0.161. The smallest absolute Gasteiger partial charge is 0.0800 e. The van der Waals surface area contributed by atoms with E-state index in [1.807, 2.05) is 0 Å². The average Bonchev–Trinajstić information content (AvgIpc) is 2.72. The van der Waals surface area contributed by atoms with Gasteiger partial charge >= 0.3 is 0 Å². The molecule has 0 aliphatic heterocycles. The Balaban J connectivity index is 1.97. The van der Waals surface area contributed by atoms with Gasteiger partial charge in [0.15, 0.2) is 0 Å². The van der Waals surface area contributed by atoms with Crippen molar-refractivity contribution in [2.75, 3.05) is 0 Å². The minimum atomic E-state index is -0.206. The lowest BCUT2D eigenvalue weighted by atomic mass is 10.1. The molecule has 0 bridgehead atoms. The highest BCUT2D eigenvalue weighted by atomic mass is 32.1. The van der Waals surface area contributed by atoms with Crippen molar-refractivity contribution in [3.05, 3.63) is 21.9 Å². The van der Waals surface area contributed by atoms with E-state index in [1.54, 1.807) is 11.3 Å². The zero-order valence-corrected chi connectivity index (χ0v) is 8.10. The van der Waals surface area contributed by atoms with Gasteiger partial charge in [0, 0.05) is 4.88 Å². The monoisotopic (exact) mass is 182 g/mol. The molecule has 1 unspecified atom stereocenters. The van der Waals surface area contributed by atoms with Crippen LogP contribution < -0.4 is 0 Å². The molecule has 2 rings (SSSR count). The van der Waals surface area contributed by atoms with Crippen molar-refractivity contribution >= 4 is 11.3 Å². The highest BCUT2D eigenvalue weighted by Gasteiger charge is 2.25. The highest BCUT2D eigenvalue weighted by Crippen LogP contribution is 2.38. The number of hydrogen-bond donors (Lipinski definition) is 1. The first-order valence-electron chi connectivity index (χ1n) is 4.49. The van der Waals surface area contributed by atoms with Crippen LogP contribution in [0.5, 0.6) is 0 Å². The molecule has 0 radical (unpaired) electrons. The Kier molecular flexibility index (Phi) is 2.20. The van der Waals surface area contributed by atoms with Crippen molar-refractivity contribution in [2.45, 2.75) is 32.3 Å². The molecule has 1 aromatic rings. The van der Waals surface area contributed by atoms with Crippen LogP contribution in [0.2, 0.25) is 0 Å². The normalized spacial score (nSPS) is 19.5. The molecular formula is C10H14OS. The van der Waals surface area contributed by atoms with E-state index in [0.29, 0.717) is 0 Å². The van der Waals surface area contributed by atoms with Crippen molar-refractivity contribution in [1.82, 2.24) is 0 Å². The van der Waals surface area contributed by atoms with Crippen molar-refractivity contribution in [3.63, 3.8) is 0 Å². The second kappa shape index (κ2) is 3.19. The summed E-state index contributed by atoms with van der Waals surface area (Å²) in [7, 11) is 0. The molecule has 1 aliphatic carbocycles. The summed E-state index contributed by atoms with van der Waals surface area (Å²) in [5.41, 5.74) is 1.12. The third-order valence-electron chi connectivity index (χ3n) is 2.39. The van der Waals surface area contributed by atoms with Crippen LogP contribution in [0.15, 0.2) is 11.4 Å². The summed E-state index contributed by atoms with van der Waals surface area (Å²) in [5.74, 6) is 0.806. The van der Waals surface area contributed by atoms with E-state index in [-0.39, 0.29) is 6.10 Å². The number of thiophene rings is 1. The van der Waals surface area contributed by atoms with E-state index in [9.17, 15) is 5.11 Å². The Labute approximate surface area is 77.0 Å². The Morgan fingerprint density at radius 1 is 1.67 bits per heavy atom. The zero-order valence-electron chi connectivity index (χ0n) is 7.29. The quantitative estimate of drug-likeness (QED) is 0.762. The van der Waals surface area contributed by atoms with Gasteiger partial charge in [0.2, 0.25) is 0 Å². The zero-order chi connectivity index (χ0) is 8.55. The highest BCUT2D eigenvalue weighted by molar-refractivity contribution is 7.10. The Morgan fingerprint density at radius 3 is 2.92 bits per heavy atom. The van der Waals surface area contributed by atoms with E-state index in [4.69, 9.17) is 0 Å². The van der Waals surface area contributed by atoms with Crippen molar-refractivity contribution in [2.24, 2.45) is 5.92 Å². The molecule has 1 atom stereocenters. The van der Waals surface area contributed by atoms with Gasteiger partial charge < -0.3 is 5.11 Å². The van der Waals surface area contributed by atoms with Gasteiger partial charge in [-0.25, -0.2) is 0 Å². The number of aryl methyl sites for hydroxylation is 1. The van der Waals surface area contributed by atoms with Gasteiger partial charge in [-0.05, 0) is 36.3 Å². The van der Waals surface area contributed by atoms with Crippen LogP contribution in [0.1, 0.15) is 35.8 Å². The molecule has 0 saturated heterocycles. The fourth-order valence-electron chi connectivity index (χ4n) is 1.44. The third kappa shape index (κ3) is 1.87. The molecule has 1 fully saturated rings. The fourth-order valence-corrected chi connectivity index (χ4v) is 2.20. The molecule has 2 heteroatoms. The van der Waals surface area contributed by atoms with Crippen molar-refractivity contribution < 1.29 is 5.11 Å². The molecule has 1 nitrogen and oxygen atoms in total. The molecule has 0 spiro atoms. The third-order valence-corrected chi connectivity index (χ3v) is 3.27. The van der Waals surface area contributed by atoms with Gasteiger partial charge in [-0.2, -0.15) is 0 Å².